The summed E-state index contributed by atoms with van der Waals surface area (Å²) in [6, 6.07) is 16.0. The molecule has 1 unspecified atom stereocenters. The van der Waals surface area contributed by atoms with E-state index in [0.717, 1.165) is 5.56 Å². The van der Waals surface area contributed by atoms with Crippen LogP contribution in [0.15, 0.2) is 48.5 Å². The van der Waals surface area contributed by atoms with Gasteiger partial charge in [-0.25, -0.2) is 0 Å². The molecule has 2 aromatic rings. The Labute approximate surface area is 183 Å². The Hall–Kier alpha value is -1.95. The molecule has 1 fully saturated rings. The molecular formula is C25H36BO4. The van der Waals surface area contributed by atoms with Crippen LogP contribution in [-0.4, -0.2) is 31.8 Å². The van der Waals surface area contributed by atoms with Crippen LogP contribution >= 0.6 is 0 Å². The highest BCUT2D eigenvalue weighted by molar-refractivity contribution is 6.19. The number of hydrogen-bond acceptors (Lipinski definition) is 4. The van der Waals surface area contributed by atoms with Crippen molar-refractivity contribution in [1.29, 1.82) is 0 Å². The lowest BCUT2D eigenvalue weighted by Gasteiger charge is -2.32. The lowest BCUT2D eigenvalue weighted by molar-refractivity contribution is 0.00578. The smallest absolute Gasteiger partial charge is 0.405 e. The first-order valence-corrected chi connectivity index (χ1v) is 10.2. The molecule has 0 aromatic heterocycles. The molecule has 1 saturated heterocycles. The van der Waals surface area contributed by atoms with Gasteiger partial charge in [0.05, 0.1) is 17.3 Å². The zero-order chi connectivity index (χ0) is 22.9. The highest BCUT2D eigenvalue weighted by atomic mass is 16.7. The number of benzene rings is 2. The van der Waals surface area contributed by atoms with Crippen LogP contribution in [0.1, 0.15) is 74.7 Å². The van der Waals surface area contributed by atoms with Gasteiger partial charge in [0.2, 0.25) is 0 Å². The molecular weight excluding hydrogens is 375 g/mol. The maximum absolute atomic E-state index is 10.8. The molecule has 4 nitrogen and oxygen atoms in total. The lowest BCUT2D eigenvalue weighted by atomic mass is 9.90. The van der Waals surface area contributed by atoms with Crippen LogP contribution in [0.25, 0.3) is 0 Å². The summed E-state index contributed by atoms with van der Waals surface area (Å²) in [5.41, 5.74) is 4.12. The number of rotatable bonds is 3. The molecule has 0 saturated carbocycles. The van der Waals surface area contributed by atoms with Crippen molar-refractivity contribution in [3.8, 4) is 0 Å². The summed E-state index contributed by atoms with van der Waals surface area (Å²) in [6.45, 7) is 15.8. The lowest BCUT2D eigenvalue weighted by Crippen LogP contribution is -2.41. The molecule has 30 heavy (non-hydrogen) atoms. The van der Waals surface area contributed by atoms with E-state index >= 15 is 0 Å². The summed E-state index contributed by atoms with van der Waals surface area (Å²) >= 11 is 0. The number of Topliss-reactive ketones (excluding diaryl/α,β-unsaturated/α-hetero) is 1. The van der Waals surface area contributed by atoms with Crippen molar-refractivity contribution in [2.45, 2.75) is 72.7 Å². The average Bonchev–Trinajstić information content (AvgIpc) is 2.93. The number of ether oxygens (including phenoxy) is 1. The van der Waals surface area contributed by atoms with Crippen molar-refractivity contribution in [2.24, 2.45) is 0 Å². The summed E-state index contributed by atoms with van der Waals surface area (Å²) in [5, 5.41) is 0. The minimum Gasteiger partial charge on any atom is -0.405 e. The van der Waals surface area contributed by atoms with E-state index in [9.17, 15) is 4.79 Å². The molecule has 0 amide bonds. The van der Waals surface area contributed by atoms with E-state index in [1.165, 1.54) is 24.4 Å². The summed E-state index contributed by atoms with van der Waals surface area (Å²) in [6.07, 6.45) is 0.204. The van der Waals surface area contributed by atoms with Gasteiger partial charge in [-0.05, 0) is 61.0 Å². The van der Waals surface area contributed by atoms with E-state index in [1.807, 2.05) is 65.8 Å². The summed E-state index contributed by atoms with van der Waals surface area (Å²) in [4.78, 5) is 10.8. The second-order valence-corrected chi connectivity index (χ2v) is 8.56. The number of carbonyl (C=O) groups excluding carboxylic acids is 1. The topological polar surface area (TPSA) is 44.8 Å². The van der Waals surface area contributed by atoms with Crippen molar-refractivity contribution in [3.05, 3.63) is 70.8 Å². The summed E-state index contributed by atoms with van der Waals surface area (Å²) in [5.74, 6) is 0.125. The Morgan fingerprint density at radius 1 is 0.867 bits per heavy atom. The van der Waals surface area contributed by atoms with E-state index in [0.29, 0.717) is 0 Å². The van der Waals surface area contributed by atoms with Gasteiger partial charge < -0.3 is 14.0 Å². The number of methoxy groups -OCH3 is 1. The predicted molar refractivity (Wildman–Crippen MR) is 124 cm³/mol. The van der Waals surface area contributed by atoms with Gasteiger partial charge in [0, 0.05) is 12.7 Å². The highest BCUT2D eigenvalue weighted by Crippen LogP contribution is 2.33. The molecule has 163 valence electrons. The minimum absolute atomic E-state index is 0.125. The van der Waals surface area contributed by atoms with Gasteiger partial charge >= 0.3 is 7.69 Å². The van der Waals surface area contributed by atoms with Gasteiger partial charge in [-0.15, -0.1) is 0 Å². The SMILES string of the molecule is CC(=O)c1ccc(C)cc1.CC1(C)O[B]OC1(C)C.COC(C)c1ccc(C)cc1. The fourth-order valence-corrected chi connectivity index (χ4v) is 2.31. The van der Waals surface area contributed by atoms with Crippen molar-refractivity contribution >= 4 is 13.5 Å². The van der Waals surface area contributed by atoms with Crippen LogP contribution in [0.4, 0.5) is 0 Å². The van der Waals surface area contributed by atoms with Crippen molar-refractivity contribution in [3.63, 3.8) is 0 Å². The van der Waals surface area contributed by atoms with E-state index in [2.05, 4.69) is 31.2 Å². The third kappa shape index (κ3) is 8.06. The van der Waals surface area contributed by atoms with Crippen LogP contribution in [0.2, 0.25) is 0 Å². The number of ketones is 1. The third-order valence-electron chi connectivity index (χ3n) is 5.49. The van der Waals surface area contributed by atoms with Crippen LogP contribution in [0.5, 0.6) is 0 Å². The molecule has 0 spiro atoms. The zero-order valence-electron chi connectivity index (χ0n) is 19.9. The Morgan fingerprint density at radius 2 is 1.27 bits per heavy atom. The Morgan fingerprint density at radius 3 is 1.57 bits per heavy atom. The maximum Gasteiger partial charge on any atom is 0.488 e. The van der Waals surface area contributed by atoms with Crippen LogP contribution in [0, 0.1) is 13.8 Å². The second-order valence-electron chi connectivity index (χ2n) is 8.56. The Balaban J connectivity index is 0.000000226. The molecule has 0 bridgehead atoms. The van der Waals surface area contributed by atoms with Crippen molar-refractivity contribution < 1.29 is 18.8 Å². The first kappa shape index (κ1) is 26.1. The predicted octanol–water partition coefficient (Wildman–Crippen LogP) is 6.02. The summed E-state index contributed by atoms with van der Waals surface area (Å²) in [7, 11) is 3.14. The molecule has 1 heterocycles. The van der Waals surface area contributed by atoms with E-state index in [-0.39, 0.29) is 23.1 Å². The molecule has 1 aliphatic heterocycles. The van der Waals surface area contributed by atoms with Gasteiger partial charge in [-0.3, -0.25) is 4.79 Å². The van der Waals surface area contributed by atoms with Crippen molar-refractivity contribution in [1.82, 2.24) is 0 Å². The Bertz CT molecular complexity index is 766. The molecule has 0 N–H and O–H groups in total. The quantitative estimate of drug-likeness (QED) is 0.457. The molecule has 2 aromatic carbocycles. The summed E-state index contributed by atoms with van der Waals surface area (Å²) < 4.78 is 15.6. The first-order valence-electron chi connectivity index (χ1n) is 10.2. The van der Waals surface area contributed by atoms with Gasteiger partial charge in [0.1, 0.15) is 0 Å². The highest BCUT2D eigenvalue weighted by Gasteiger charge is 2.44. The fraction of sp³-hybridized carbons (Fsp3) is 0.480. The maximum atomic E-state index is 10.8. The van der Waals surface area contributed by atoms with Crippen LogP contribution in [-0.2, 0) is 14.0 Å². The molecule has 1 atom stereocenters. The number of hydrogen-bond donors (Lipinski definition) is 0. The van der Waals surface area contributed by atoms with Crippen molar-refractivity contribution in [2.75, 3.05) is 7.11 Å². The van der Waals surface area contributed by atoms with Gasteiger partial charge in [0.25, 0.3) is 0 Å². The third-order valence-corrected chi connectivity index (χ3v) is 5.49. The fourth-order valence-electron chi connectivity index (χ4n) is 2.31. The number of aryl methyl sites for hydroxylation is 2. The normalized spacial score (nSPS) is 16.8. The van der Waals surface area contributed by atoms with Crippen LogP contribution < -0.4 is 0 Å². The number of carbonyl (C=O) groups is 1. The molecule has 3 rings (SSSR count). The van der Waals surface area contributed by atoms with Crippen LogP contribution in [0.3, 0.4) is 0 Å². The second kappa shape index (κ2) is 11.4. The molecule has 0 aliphatic carbocycles. The zero-order valence-corrected chi connectivity index (χ0v) is 19.9. The monoisotopic (exact) mass is 411 g/mol. The first-order chi connectivity index (χ1) is 13.9. The standard InChI is InChI=1S/C10H14O.C9H10O.C6H12BO2/c1-8-4-6-10(7-5-8)9(2)11-3;1-7-3-5-9(6-4-7)8(2)10;1-5(2)6(3,4)9-7-8-5/h4-7,9H,1-3H3;3-6H,1-2H3;1-4H3. The van der Waals surface area contributed by atoms with Gasteiger partial charge in [-0.1, -0.05) is 59.7 Å². The van der Waals surface area contributed by atoms with E-state index in [4.69, 9.17) is 14.0 Å². The van der Waals surface area contributed by atoms with Gasteiger partial charge in [0.15, 0.2) is 5.78 Å². The van der Waals surface area contributed by atoms with E-state index < -0.39 is 0 Å². The van der Waals surface area contributed by atoms with Gasteiger partial charge in [-0.2, -0.15) is 0 Å². The largest absolute Gasteiger partial charge is 0.488 e. The minimum atomic E-state index is -0.188. The molecule has 1 aliphatic rings. The molecule has 5 heteroatoms. The molecule has 1 radical (unpaired) electrons. The van der Waals surface area contributed by atoms with E-state index in [1.54, 1.807) is 14.0 Å². The average molecular weight is 411 g/mol. The Kier molecular flexibility index (Phi) is 9.96.